The summed E-state index contributed by atoms with van der Waals surface area (Å²) in [6, 6.07) is 0.262. The number of hydrogen-bond donors (Lipinski definition) is 1. The first-order chi connectivity index (χ1) is 11.6. The van der Waals surface area contributed by atoms with Crippen molar-refractivity contribution in [3.63, 3.8) is 0 Å². The fraction of sp³-hybridized carbons (Fsp3) is 0.947. The lowest BCUT2D eigenvalue weighted by Gasteiger charge is -2.37. The highest BCUT2D eigenvalue weighted by Gasteiger charge is 2.30. The Morgan fingerprint density at radius 3 is 2.33 bits per heavy atom. The number of carbonyl (C=O) groups is 1. The number of piperidine rings is 1. The molecule has 24 heavy (non-hydrogen) atoms. The molecule has 0 radical (unpaired) electrons. The Morgan fingerprint density at radius 2 is 1.71 bits per heavy atom. The number of aliphatic hydroxyl groups is 1. The molecule has 1 atom stereocenters. The SMILES string of the molecule is CC(C)N(CCN1CCCCCC1)C(=O)[C@H]1CCCN(CCO)C1. The smallest absolute Gasteiger partial charge is 0.227 e. The van der Waals surface area contributed by atoms with E-state index < -0.39 is 0 Å². The highest BCUT2D eigenvalue weighted by atomic mass is 16.3. The Bertz CT molecular complexity index is 366. The molecular formula is C19H37N3O2. The van der Waals surface area contributed by atoms with Crippen LogP contribution < -0.4 is 0 Å². The first kappa shape index (κ1) is 19.7. The van der Waals surface area contributed by atoms with E-state index in [1.54, 1.807) is 0 Å². The molecule has 2 saturated heterocycles. The summed E-state index contributed by atoms with van der Waals surface area (Å²) >= 11 is 0. The molecule has 0 aliphatic carbocycles. The van der Waals surface area contributed by atoms with Gasteiger partial charge in [-0.25, -0.2) is 0 Å². The van der Waals surface area contributed by atoms with Crippen LogP contribution in [0, 0.1) is 5.92 Å². The van der Waals surface area contributed by atoms with E-state index in [1.807, 2.05) is 0 Å². The van der Waals surface area contributed by atoms with Crippen molar-refractivity contribution in [1.29, 1.82) is 0 Å². The van der Waals surface area contributed by atoms with E-state index in [0.717, 1.165) is 39.0 Å². The average Bonchev–Trinajstić information content (AvgIpc) is 2.84. The van der Waals surface area contributed by atoms with Gasteiger partial charge in [0.25, 0.3) is 0 Å². The lowest BCUT2D eigenvalue weighted by Crippen LogP contribution is -2.49. The summed E-state index contributed by atoms with van der Waals surface area (Å²) in [6.45, 7) is 11.2. The number of rotatable bonds is 7. The Kier molecular flexibility index (Phi) is 8.50. The maximum atomic E-state index is 13.0. The van der Waals surface area contributed by atoms with E-state index in [0.29, 0.717) is 12.5 Å². The van der Waals surface area contributed by atoms with Crippen molar-refractivity contribution in [1.82, 2.24) is 14.7 Å². The number of hydrogen-bond acceptors (Lipinski definition) is 4. The van der Waals surface area contributed by atoms with E-state index in [9.17, 15) is 4.79 Å². The maximum absolute atomic E-state index is 13.0. The van der Waals surface area contributed by atoms with Gasteiger partial charge in [0.2, 0.25) is 5.91 Å². The van der Waals surface area contributed by atoms with Crippen LogP contribution in [0.2, 0.25) is 0 Å². The topological polar surface area (TPSA) is 47.0 Å². The first-order valence-corrected chi connectivity index (χ1v) is 9.98. The second-order valence-electron chi connectivity index (χ2n) is 7.74. The van der Waals surface area contributed by atoms with Crippen LogP contribution >= 0.6 is 0 Å². The van der Waals surface area contributed by atoms with E-state index >= 15 is 0 Å². The summed E-state index contributed by atoms with van der Waals surface area (Å²) in [5.41, 5.74) is 0. The summed E-state index contributed by atoms with van der Waals surface area (Å²) in [6.07, 6.45) is 7.36. The van der Waals surface area contributed by atoms with Crippen molar-refractivity contribution in [3.8, 4) is 0 Å². The molecule has 2 aliphatic heterocycles. The number of amides is 1. The monoisotopic (exact) mass is 339 g/mol. The molecule has 1 amide bonds. The molecule has 0 unspecified atom stereocenters. The van der Waals surface area contributed by atoms with Crippen molar-refractivity contribution >= 4 is 5.91 Å². The number of nitrogens with zero attached hydrogens (tertiary/aromatic N) is 3. The van der Waals surface area contributed by atoms with Gasteiger partial charge in [-0.15, -0.1) is 0 Å². The van der Waals surface area contributed by atoms with Crippen LogP contribution in [0.3, 0.4) is 0 Å². The molecular weight excluding hydrogens is 302 g/mol. The molecule has 0 bridgehead atoms. The van der Waals surface area contributed by atoms with E-state index in [4.69, 9.17) is 5.11 Å². The Morgan fingerprint density at radius 1 is 1.04 bits per heavy atom. The van der Waals surface area contributed by atoms with Crippen LogP contribution in [0.4, 0.5) is 0 Å². The zero-order valence-electron chi connectivity index (χ0n) is 15.8. The number of aliphatic hydroxyl groups excluding tert-OH is 1. The van der Waals surface area contributed by atoms with Gasteiger partial charge in [0.15, 0.2) is 0 Å². The maximum Gasteiger partial charge on any atom is 0.227 e. The van der Waals surface area contributed by atoms with Crippen molar-refractivity contribution < 1.29 is 9.90 Å². The van der Waals surface area contributed by atoms with Crippen LogP contribution in [0.15, 0.2) is 0 Å². The molecule has 2 aliphatic rings. The number of likely N-dealkylation sites (tertiary alicyclic amines) is 2. The average molecular weight is 340 g/mol. The van der Waals surface area contributed by atoms with Gasteiger partial charge in [-0.3, -0.25) is 4.79 Å². The summed E-state index contributed by atoms with van der Waals surface area (Å²) in [7, 11) is 0. The third-order valence-electron chi connectivity index (χ3n) is 5.53. The molecule has 0 saturated carbocycles. The van der Waals surface area contributed by atoms with E-state index in [1.165, 1.54) is 38.8 Å². The first-order valence-electron chi connectivity index (χ1n) is 9.98. The normalized spacial score (nSPS) is 24.1. The molecule has 2 fully saturated rings. The summed E-state index contributed by atoms with van der Waals surface area (Å²) in [4.78, 5) is 19.9. The molecule has 0 spiro atoms. The Labute approximate surface area is 148 Å². The van der Waals surface area contributed by atoms with Gasteiger partial charge >= 0.3 is 0 Å². The van der Waals surface area contributed by atoms with Crippen molar-refractivity contribution in [2.75, 3.05) is 52.4 Å². The minimum Gasteiger partial charge on any atom is -0.395 e. The minimum absolute atomic E-state index is 0.108. The van der Waals surface area contributed by atoms with Gasteiger partial charge in [0.1, 0.15) is 0 Å². The van der Waals surface area contributed by atoms with Gasteiger partial charge in [-0.1, -0.05) is 12.8 Å². The molecule has 140 valence electrons. The van der Waals surface area contributed by atoms with Gasteiger partial charge in [0, 0.05) is 32.2 Å². The zero-order valence-corrected chi connectivity index (χ0v) is 15.8. The van der Waals surface area contributed by atoms with Crippen LogP contribution in [0.25, 0.3) is 0 Å². The molecule has 0 aromatic heterocycles. The predicted molar refractivity (Wildman–Crippen MR) is 98.0 cm³/mol. The quantitative estimate of drug-likeness (QED) is 0.768. The van der Waals surface area contributed by atoms with Crippen molar-refractivity contribution in [3.05, 3.63) is 0 Å². The van der Waals surface area contributed by atoms with Crippen LogP contribution in [-0.4, -0.2) is 84.2 Å². The van der Waals surface area contributed by atoms with Crippen LogP contribution in [0.1, 0.15) is 52.4 Å². The summed E-state index contributed by atoms with van der Waals surface area (Å²) in [5, 5.41) is 9.15. The number of β-amino-alcohol motifs (C(OH)–C–C–N with tert-alkyl or cyclic N) is 1. The van der Waals surface area contributed by atoms with Crippen LogP contribution in [-0.2, 0) is 4.79 Å². The lowest BCUT2D eigenvalue weighted by molar-refractivity contribution is -0.139. The molecule has 2 heterocycles. The molecule has 5 nitrogen and oxygen atoms in total. The standard InChI is InChI=1S/C19H37N3O2/c1-17(2)22(13-12-20-9-5-3-4-6-10-20)19(24)18-8-7-11-21(16-18)14-15-23/h17-18,23H,3-16H2,1-2H3/t18-/m0/s1. The summed E-state index contributed by atoms with van der Waals surface area (Å²) < 4.78 is 0. The minimum atomic E-state index is 0.108. The second-order valence-corrected chi connectivity index (χ2v) is 7.74. The molecule has 5 heteroatoms. The lowest BCUT2D eigenvalue weighted by atomic mass is 9.96. The highest BCUT2D eigenvalue weighted by Crippen LogP contribution is 2.20. The van der Waals surface area contributed by atoms with Crippen LogP contribution in [0.5, 0.6) is 0 Å². The molecule has 1 N–H and O–H groups in total. The Hall–Kier alpha value is -0.650. The molecule has 2 rings (SSSR count). The summed E-state index contributed by atoms with van der Waals surface area (Å²) in [5.74, 6) is 0.430. The van der Waals surface area contributed by atoms with Gasteiger partial charge in [-0.2, -0.15) is 0 Å². The van der Waals surface area contributed by atoms with Gasteiger partial charge in [-0.05, 0) is 59.2 Å². The molecule has 0 aromatic rings. The van der Waals surface area contributed by atoms with Crippen molar-refractivity contribution in [2.24, 2.45) is 5.92 Å². The van der Waals surface area contributed by atoms with E-state index in [-0.39, 0.29) is 18.6 Å². The molecule has 0 aromatic carbocycles. The third kappa shape index (κ3) is 6.01. The van der Waals surface area contributed by atoms with Crippen molar-refractivity contribution in [2.45, 2.75) is 58.4 Å². The fourth-order valence-electron chi connectivity index (χ4n) is 4.07. The van der Waals surface area contributed by atoms with E-state index in [2.05, 4.69) is 28.5 Å². The Balaban J connectivity index is 1.87. The third-order valence-corrected chi connectivity index (χ3v) is 5.53. The fourth-order valence-corrected chi connectivity index (χ4v) is 4.07. The van der Waals surface area contributed by atoms with Gasteiger partial charge < -0.3 is 19.8 Å². The number of carbonyl (C=O) groups excluding carboxylic acids is 1. The predicted octanol–water partition coefficient (Wildman–Crippen LogP) is 1.80. The second kappa shape index (κ2) is 10.4. The zero-order chi connectivity index (χ0) is 17.4. The van der Waals surface area contributed by atoms with Gasteiger partial charge in [0.05, 0.1) is 12.5 Å². The largest absolute Gasteiger partial charge is 0.395 e. The highest BCUT2D eigenvalue weighted by molar-refractivity contribution is 5.79.